The number of halogens is 2. The lowest BCUT2D eigenvalue weighted by Gasteiger charge is -2.20. The van der Waals surface area contributed by atoms with Crippen molar-refractivity contribution in [3.05, 3.63) is 117 Å². The van der Waals surface area contributed by atoms with Crippen molar-refractivity contribution in [2.24, 2.45) is 0 Å². The highest BCUT2D eigenvalue weighted by atomic mass is 127. The monoisotopic (exact) mass is 820 g/mol. The summed E-state index contributed by atoms with van der Waals surface area (Å²) in [6.07, 6.45) is 2.00. The zero-order valence-corrected chi connectivity index (χ0v) is 29.0. The number of phenolic OH excluding ortho intramolecular Hbond substituents is 2. The maximum absolute atomic E-state index is 11.5. The molecular formula is C36H38I2O6. The van der Waals surface area contributed by atoms with Crippen LogP contribution in [-0.2, 0) is 35.2 Å². The molecule has 0 heterocycles. The molecule has 0 atom stereocenters. The Kier molecular flexibility index (Phi) is 12.4. The van der Waals surface area contributed by atoms with E-state index in [1.807, 2.05) is 72.8 Å². The van der Waals surface area contributed by atoms with Crippen molar-refractivity contribution in [2.75, 3.05) is 48.5 Å². The Labute approximate surface area is 287 Å². The number of hydrogen-bond donors (Lipinski definition) is 2. The van der Waals surface area contributed by atoms with Crippen LogP contribution < -0.4 is 9.47 Å². The van der Waals surface area contributed by atoms with Gasteiger partial charge in [-0.25, -0.2) is 0 Å². The summed E-state index contributed by atoms with van der Waals surface area (Å²) in [4.78, 5) is 0. The average molecular weight is 821 g/mol. The zero-order chi connectivity index (χ0) is 30.7. The first-order valence-corrected chi connectivity index (χ1v) is 18.0. The highest BCUT2D eigenvalue weighted by molar-refractivity contribution is 14.1. The third-order valence-electron chi connectivity index (χ3n) is 7.68. The molecule has 1 aliphatic rings. The molecule has 0 fully saturated rings. The Bertz CT molecular complexity index is 1340. The van der Waals surface area contributed by atoms with E-state index in [4.69, 9.17) is 18.9 Å². The molecule has 8 bridgehead atoms. The van der Waals surface area contributed by atoms with E-state index >= 15 is 0 Å². The molecule has 0 unspecified atom stereocenters. The second-order valence-electron chi connectivity index (χ2n) is 10.7. The van der Waals surface area contributed by atoms with Gasteiger partial charge in [-0.05, 0) is 44.5 Å². The summed E-state index contributed by atoms with van der Waals surface area (Å²) < 4.78 is 26.0. The minimum Gasteiger partial charge on any atom is -0.507 e. The number of rotatable bonds is 12. The Balaban J connectivity index is 1.57. The average Bonchev–Trinajstić information content (AvgIpc) is 3.02. The molecular weight excluding hydrogens is 782 g/mol. The summed E-state index contributed by atoms with van der Waals surface area (Å²) in [6, 6.07) is 24.1. The molecule has 0 spiro atoms. The lowest BCUT2D eigenvalue weighted by atomic mass is 9.91. The highest BCUT2D eigenvalue weighted by Gasteiger charge is 2.20. The van der Waals surface area contributed by atoms with Gasteiger partial charge < -0.3 is 29.2 Å². The van der Waals surface area contributed by atoms with Crippen LogP contribution in [0.2, 0.25) is 0 Å². The van der Waals surface area contributed by atoms with Gasteiger partial charge in [0.1, 0.15) is 36.2 Å². The van der Waals surface area contributed by atoms with Crippen molar-refractivity contribution in [1.82, 2.24) is 0 Å². The molecule has 4 aromatic rings. The molecule has 2 N–H and O–H groups in total. The van der Waals surface area contributed by atoms with E-state index in [-0.39, 0.29) is 11.5 Å². The van der Waals surface area contributed by atoms with Crippen LogP contribution in [0.15, 0.2) is 72.8 Å². The van der Waals surface area contributed by atoms with Crippen molar-refractivity contribution in [2.45, 2.75) is 25.7 Å². The molecule has 0 aromatic heterocycles. The first-order valence-electron chi connectivity index (χ1n) is 14.9. The van der Waals surface area contributed by atoms with Gasteiger partial charge in [0.05, 0.1) is 26.4 Å². The van der Waals surface area contributed by atoms with Crippen LogP contribution in [-0.4, -0.2) is 58.7 Å². The molecule has 0 amide bonds. The van der Waals surface area contributed by atoms with Gasteiger partial charge in [-0.1, -0.05) is 118 Å². The summed E-state index contributed by atoms with van der Waals surface area (Å²) >= 11 is 4.59. The zero-order valence-electron chi connectivity index (χ0n) is 24.7. The maximum Gasteiger partial charge on any atom is 0.126 e. The number of benzene rings is 4. The Hall–Kier alpha value is -2.54. The molecule has 8 heteroatoms. The Morgan fingerprint density at radius 2 is 0.727 bits per heavy atom. The molecule has 4 aromatic carbocycles. The number of para-hydroxylation sites is 4. The van der Waals surface area contributed by atoms with Gasteiger partial charge in [-0.2, -0.15) is 0 Å². The number of phenols is 2. The second kappa shape index (κ2) is 16.7. The lowest BCUT2D eigenvalue weighted by molar-refractivity contribution is 0.112. The minimum absolute atomic E-state index is 0.283. The summed E-state index contributed by atoms with van der Waals surface area (Å²) in [7, 11) is 0. The smallest absolute Gasteiger partial charge is 0.126 e. The van der Waals surface area contributed by atoms with Crippen LogP contribution in [0.25, 0.3) is 0 Å². The Morgan fingerprint density at radius 1 is 0.432 bits per heavy atom. The van der Waals surface area contributed by atoms with Crippen LogP contribution in [0, 0.1) is 0 Å². The van der Waals surface area contributed by atoms with Crippen LogP contribution in [0.5, 0.6) is 23.0 Å². The summed E-state index contributed by atoms with van der Waals surface area (Å²) in [5, 5.41) is 23.1. The third-order valence-corrected chi connectivity index (χ3v) is 8.56. The van der Waals surface area contributed by atoms with Crippen LogP contribution in [0.1, 0.15) is 44.5 Å². The lowest BCUT2D eigenvalue weighted by Crippen LogP contribution is -2.11. The third kappa shape index (κ3) is 8.38. The predicted molar refractivity (Wildman–Crippen MR) is 191 cm³/mol. The first-order chi connectivity index (χ1) is 21.6. The van der Waals surface area contributed by atoms with Gasteiger partial charge in [0.25, 0.3) is 0 Å². The van der Waals surface area contributed by atoms with Crippen molar-refractivity contribution >= 4 is 45.2 Å². The van der Waals surface area contributed by atoms with Crippen LogP contribution in [0.4, 0.5) is 0 Å². The SMILES string of the molecule is Oc1c2cccc1Cc1cccc(c1OCCOCCI)Cc1cccc(c1O)Cc1cccc(c1OCCOCCI)C2. The molecule has 44 heavy (non-hydrogen) atoms. The predicted octanol–water partition coefficient (Wildman–Crippen LogP) is 7.44. The van der Waals surface area contributed by atoms with Crippen molar-refractivity contribution in [1.29, 1.82) is 0 Å². The second-order valence-corrected chi connectivity index (χ2v) is 12.8. The van der Waals surface area contributed by atoms with E-state index < -0.39 is 0 Å². The van der Waals surface area contributed by atoms with E-state index in [0.717, 1.165) is 64.9 Å². The van der Waals surface area contributed by atoms with Gasteiger partial charge >= 0.3 is 0 Å². The van der Waals surface area contributed by atoms with Crippen molar-refractivity contribution in [3.63, 3.8) is 0 Å². The van der Waals surface area contributed by atoms with Crippen LogP contribution in [0.3, 0.4) is 0 Å². The molecule has 6 nitrogen and oxygen atoms in total. The van der Waals surface area contributed by atoms with Gasteiger partial charge in [0.2, 0.25) is 0 Å². The molecule has 0 saturated carbocycles. The van der Waals surface area contributed by atoms with Gasteiger partial charge in [-0.15, -0.1) is 0 Å². The minimum atomic E-state index is 0.283. The molecule has 0 saturated heterocycles. The Morgan fingerprint density at radius 3 is 1.02 bits per heavy atom. The number of alkyl halides is 2. The summed E-state index contributed by atoms with van der Waals surface area (Å²) in [5.41, 5.74) is 7.21. The molecule has 0 aliphatic heterocycles. The molecule has 0 radical (unpaired) electrons. The van der Waals surface area contributed by atoms with E-state index in [9.17, 15) is 10.2 Å². The fourth-order valence-electron chi connectivity index (χ4n) is 5.60. The summed E-state index contributed by atoms with van der Waals surface area (Å²) in [6.45, 7) is 3.18. The molecule has 5 rings (SSSR count). The topological polar surface area (TPSA) is 77.4 Å². The number of hydrogen-bond acceptors (Lipinski definition) is 6. The number of aromatic hydroxyl groups is 2. The standard InChI is InChI=1S/C36H38I2O6/c37-13-15-41-17-19-43-35-29-9-3-11-31(35)23-27-7-2-8-28(34(27)40)24-32-12-4-10-30(36(32)44-20-18-42-16-14-38)22-26-6-1-5-25(21-29)33(26)39/h1-12,39-40H,13-24H2. The molecule has 232 valence electrons. The number of ether oxygens (including phenoxy) is 4. The fraction of sp³-hybridized carbons (Fsp3) is 0.333. The van der Waals surface area contributed by atoms with Gasteiger partial charge in [-0.3, -0.25) is 0 Å². The maximum atomic E-state index is 11.5. The largest absolute Gasteiger partial charge is 0.507 e. The fourth-order valence-corrected chi connectivity index (χ4v) is 6.23. The van der Waals surface area contributed by atoms with E-state index in [2.05, 4.69) is 45.2 Å². The first kappa shape index (κ1) is 32.8. The van der Waals surface area contributed by atoms with Crippen molar-refractivity contribution in [3.8, 4) is 23.0 Å². The number of fused-ring (bicyclic) bond motifs is 8. The van der Waals surface area contributed by atoms with Gasteiger partial charge in [0.15, 0.2) is 0 Å². The molecule has 1 aliphatic carbocycles. The van der Waals surface area contributed by atoms with Gasteiger partial charge in [0, 0.05) is 34.5 Å². The van der Waals surface area contributed by atoms with E-state index in [1.54, 1.807) is 0 Å². The summed E-state index contributed by atoms with van der Waals surface area (Å²) in [5.74, 6) is 2.12. The van der Waals surface area contributed by atoms with Crippen molar-refractivity contribution < 1.29 is 29.2 Å². The highest BCUT2D eigenvalue weighted by Crippen LogP contribution is 2.38. The van der Waals surface area contributed by atoms with E-state index in [0.29, 0.717) is 65.3 Å². The van der Waals surface area contributed by atoms with E-state index in [1.165, 1.54) is 0 Å². The normalized spacial score (nSPS) is 12.6. The quantitative estimate of drug-likeness (QED) is 0.0776. The van der Waals surface area contributed by atoms with Crippen LogP contribution >= 0.6 is 45.2 Å².